The lowest BCUT2D eigenvalue weighted by atomic mass is 9.82. The number of nitrogens with zero attached hydrogens (tertiary/aromatic N) is 4. The molecule has 1 spiro atoms. The number of amides is 3. The number of carbonyl (C=O) groups excluding carboxylic acids is 3. The second-order valence-electron chi connectivity index (χ2n) is 14.6. The SMILES string of the molecule is COc1ccc2c(c1)[C@@]1(O[C@H](CC(=O)N3CCC[C@H]3CO)[C@@H]([Si](C)(C)F)[C@@H]1C)C(=O)N2Cc1cccc(N2N=C(c3ccccc3)CCC2=O)c1. The van der Waals surface area contributed by atoms with Gasteiger partial charge in [0.15, 0.2) is 5.60 Å². The van der Waals surface area contributed by atoms with Crippen molar-refractivity contribution in [2.45, 2.75) is 82.0 Å². The Balaban J connectivity index is 1.22. The van der Waals surface area contributed by atoms with Crippen molar-refractivity contribution in [2.24, 2.45) is 11.0 Å². The van der Waals surface area contributed by atoms with Crippen molar-refractivity contribution < 1.29 is 33.1 Å². The molecule has 51 heavy (non-hydrogen) atoms. The van der Waals surface area contributed by atoms with Crippen LogP contribution in [-0.4, -0.2) is 74.3 Å². The lowest BCUT2D eigenvalue weighted by molar-refractivity contribution is -0.150. The number of ether oxygens (including phenoxy) is 2. The summed E-state index contributed by atoms with van der Waals surface area (Å²) in [5.74, 6) is -0.681. The van der Waals surface area contributed by atoms with E-state index < -0.39 is 31.6 Å². The maximum Gasteiger partial charge on any atom is 0.264 e. The Kier molecular flexibility index (Phi) is 9.36. The first-order valence-corrected chi connectivity index (χ1v) is 20.7. The van der Waals surface area contributed by atoms with E-state index in [1.165, 1.54) is 5.01 Å². The van der Waals surface area contributed by atoms with Crippen LogP contribution >= 0.6 is 0 Å². The molecule has 5 atom stereocenters. The van der Waals surface area contributed by atoms with Gasteiger partial charge in [0, 0.05) is 36.4 Å². The van der Waals surface area contributed by atoms with Gasteiger partial charge in [0.2, 0.25) is 20.2 Å². The largest absolute Gasteiger partial charge is 0.497 e. The van der Waals surface area contributed by atoms with Crippen molar-refractivity contribution in [1.29, 1.82) is 0 Å². The van der Waals surface area contributed by atoms with Gasteiger partial charge in [-0.15, -0.1) is 0 Å². The zero-order chi connectivity index (χ0) is 36.1. The number of hydrogen-bond acceptors (Lipinski definition) is 7. The Morgan fingerprint density at radius 1 is 1.08 bits per heavy atom. The molecule has 0 unspecified atom stereocenters. The molecule has 268 valence electrons. The van der Waals surface area contributed by atoms with Crippen LogP contribution < -0.4 is 14.6 Å². The molecule has 10 nitrogen and oxygen atoms in total. The van der Waals surface area contributed by atoms with Gasteiger partial charge < -0.3 is 28.5 Å². The highest BCUT2D eigenvalue weighted by Gasteiger charge is 2.67. The number of aliphatic hydroxyl groups excluding tert-OH is 1. The molecule has 3 amide bonds. The maximum atomic E-state index is 16.4. The Morgan fingerprint density at radius 2 is 1.86 bits per heavy atom. The first kappa shape index (κ1) is 35.0. The molecule has 0 saturated carbocycles. The van der Waals surface area contributed by atoms with Crippen molar-refractivity contribution in [2.75, 3.05) is 30.2 Å². The number of benzene rings is 3. The number of likely N-dealkylation sites (tertiary alicyclic amines) is 1. The average Bonchev–Trinajstić information content (AvgIpc) is 3.79. The van der Waals surface area contributed by atoms with Crippen LogP contribution in [0.1, 0.15) is 55.7 Å². The molecule has 0 radical (unpaired) electrons. The Bertz CT molecular complexity index is 1870. The monoisotopic (exact) mass is 712 g/mol. The van der Waals surface area contributed by atoms with E-state index in [4.69, 9.17) is 14.6 Å². The summed E-state index contributed by atoms with van der Waals surface area (Å²) in [6, 6.07) is 22.4. The van der Waals surface area contributed by atoms with Crippen molar-refractivity contribution in [3.63, 3.8) is 0 Å². The van der Waals surface area contributed by atoms with E-state index >= 15 is 4.11 Å². The van der Waals surface area contributed by atoms with Gasteiger partial charge in [-0.1, -0.05) is 49.4 Å². The minimum absolute atomic E-state index is 0.0718. The number of methoxy groups -OCH3 is 1. The second-order valence-corrected chi connectivity index (χ2v) is 18.4. The molecule has 1 N–H and O–H groups in total. The van der Waals surface area contributed by atoms with Crippen molar-refractivity contribution in [3.8, 4) is 5.75 Å². The zero-order valence-electron chi connectivity index (χ0n) is 29.5. The standard InChI is InChI=1S/C39H45FN4O6Si/c1-25-37(51(3,4)40)34(22-36(47)42-19-9-14-29(42)24-45)50-39(25)31-21-30(49-2)15-17-33(31)43(38(39)48)23-26-10-8-13-28(20-26)44-35(46)18-16-32(41-44)27-11-6-5-7-12-27/h5-8,10-13,15,17,20-21,25,29,34,37,45H,9,14,16,18-19,22-24H2,1-4H3/t25-,29-,34+,37-,39+/m0/s1. The van der Waals surface area contributed by atoms with Crippen LogP contribution in [0.5, 0.6) is 5.75 Å². The highest BCUT2D eigenvalue weighted by atomic mass is 28.4. The molecular formula is C39H45FN4O6Si. The number of rotatable bonds is 9. The second kappa shape index (κ2) is 13.6. The van der Waals surface area contributed by atoms with E-state index in [0.29, 0.717) is 42.1 Å². The summed E-state index contributed by atoms with van der Waals surface area (Å²) in [5.41, 5.74) is 2.19. The predicted octanol–water partition coefficient (Wildman–Crippen LogP) is 5.92. The summed E-state index contributed by atoms with van der Waals surface area (Å²) in [6.45, 7) is 5.67. The minimum Gasteiger partial charge on any atom is -0.497 e. The number of aliphatic hydroxyl groups is 1. The highest BCUT2D eigenvalue weighted by Crippen LogP contribution is 2.60. The Labute approximate surface area is 299 Å². The van der Waals surface area contributed by atoms with E-state index in [1.807, 2.05) is 67.6 Å². The molecule has 3 aromatic rings. The van der Waals surface area contributed by atoms with Gasteiger partial charge in [-0.05, 0) is 67.4 Å². The molecule has 0 bridgehead atoms. The molecule has 7 rings (SSSR count). The lowest BCUT2D eigenvalue weighted by Crippen LogP contribution is -2.45. The van der Waals surface area contributed by atoms with E-state index in [1.54, 1.807) is 42.1 Å². The number of halogens is 1. The van der Waals surface area contributed by atoms with Crippen LogP contribution in [0, 0.1) is 5.92 Å². The van der Waals surface area contributed by atoms with E-state index in [2.05, 4.69) is 0 Å². The third-order valence-electron chi connectivity index (χ3n) is 11.1. The third kappa shape index (κ3) is 6.16. The zero-order valence-corrected chi connectivity index (χ0v) is 30.5. The van der Waals surface area contributed by atoms with Gasteiger partial charge in [0.1, 0.15) is 5.75 Å². The van der Waals surface area contributed by atoms with Crippen LogP contribution in [0.25, 0.3) is 0 Å². The van der Waals surface area contributed by atoms with Gasteiger partial charge in [0.05, 0.1) is 55.9 Å². The smallest absolute Gasteiger partial charge is 0.264 e. The molecule has 3 aromatic carbocycles. The number of anilines is 2. The normalized spacial score (nSPS) is 26.2. The summed E-state index contributed by atoms with van der Waals surface area (Å²) >= 11 is 0. The van der Waals surface area contributed by atoms with Gasteiger partial charge in [-0.25, -0.2) is 5.01 Å². The Hall–Kier alpha value is -4.39. The summed E-state index contributed by atoms with van der Waals surface area (Å²) in [4.78, 5) is 45.0. The summed E-state index contributed by atoms with van der Waals surface area (Å²) in [5, 5.41) is 16.0. The topological polar surface area (TPSA) is 112 Å². The fourth-order valence-electron chi connectivity index (χ4n) is 8.71. The van der Waals surface area contributed by atoms with Gasteiger partial charge in [-0.3, -0.25) is 14.4 Å². The first-order chi connectivity index (χ1) is 24.5. The van der Waals surface area contributed by atoms with E-state index in [9.17, 15) is 19.5 Å². The van der Waals surface area contributed by atoms with Crippen LogP contribution in [0.2, 0.25) is 18.6 Å². The number of hydrazone groups is 1. The molecule has 2 fully saturated rings. The molecular weight excluding hydrogens is 668 g/mol. The summed E-state index contributed by atoms with van der Waals surface area (Å²) in [7, 11) is -1.95. The van der Waals surface area contributed by atoms with Crippen LogP contribution in [0.15, 0.2) is 77.9 Å². The van der Waals surface area contributed by atoms with E-state index in [-0.39, 0.29) is 43.3 Å². The highest BCUT2D eigenvalue weighted by molar-refractivity contribution is 6.72. The van der Waals surface area contributed by atoms with Crippen molar-refractivity contribution >= 4 is 43.2 Å². The fraction of sp³-hybridized carbons (Fsp3) is 0.436. The Morgan fingerprint density at radius 3 is 2.59 bits per heavy atom. The third-order valence-corrected chi connectivity index (χ3v) is 13.5. The van der Waals surface area contributed by atoms with Gasteiger partial charge in [0.25, 0.3) is 5.91 Å². The lowest BCUT2D eigenvalue weighted by Gasteiger charge is -2.31. The quantitative estimate of drug-likeness (QED) is 0.218. The summed E-state index contributed by atoms with van der Waals surface area (Å²) < 4.78 is 28.8. The molecule has 0 aromatic heterocycles. The van der Waals surface area contributed by atoms with Crippen LogP contribution in [0.4, 0.5) is 15.5 Å². The predicted molar refractivity (Wildman–Crippen MR) is 195 cm³/mol. The minimum atomic E-state index is -3.50. The number of carbonyl (C=O) groups is 3. The average molecular weight is 713 g/mol. The van der Waals surface area contributed by atoms with Crippen molar-refractivity contribution in [1.82, 2.24) is 4.90 Å². The number of hydrogen-bond donors (Lipinski definition) is 1. The maximum absolute atomic E-state index is 16.4. The van der Waals surface area contributed by atoms with E-state index in [0.717, 1.165) is 29.7 Å². The van der Waals surface area contributed by atoms with Crippen molar-refractivity contribution in [3.05, 3.63) is 89.5 Å². The molecule has 2 saturated heterocycles. The van der Waals surface area contributed by atoms with Crippen LogP contribution in [0.3, 0.4) is 0 Å². The van der Waals surface area contributed by atoms with Gasteiger partial charge in [-0.2, -0.15) is 5.10 Å². The molecule has 4 heterocycles. The van der Waals surface area contributed by atoms with Gasteiger partial charge >= 0.3 is 0 Å². The van der Waals surface area contributed by atoms with Crippen LogP contribution in [-0.2, 0) is 31.3 Å². The number of fused-ring (bicyclic) bond motifs is 2. The molecule has 4 aliphatic heterocycles. The molecule has 4 aliphatic rings. The molecule has 0 aliphatic carbocycles. The summed E-state index contributed by atoms with van der Waals surface area (Å²) in [6.07, 6.45) is 1.49. The fourth-order valence-corrected chi connectivity index (χ4v) is 11.2. The first-order valence-electron chi connectivity index (χ1n) is 17.8. The molecule has 12 heteroatoms.